The Morgan fingerprint density at radius 2 is 2.20 bits per heavy atom. The van der Waals surface area contributed by atoms with E-state index in [0.717, 1.165) is 57.7 Å². The molecule has 2 saturated heterocycles. The maximum atomic E-state index is 12.1. The van der Waals surface area contributed by atoms with E-state index in [4.69, 9.17) is 4.74 Å². The van der Waals surface area contributed by atoms with E-state index in [9.17, 15) is 9.59 Å². The fourth-order valence-electron chi connectivity index (χ4n) is 3.86. The molecule has 2 N–H and O–H groups in total. The summed E-state index contributed by atoms with van der Waals surface area (Å²) in [6.45, 7) is 3.71. The van der Waals surface area contributed by atoms with Crippen LogP contribution in [0.1, 0.15) is 44.3 Å². The molecular formula is C20H29N7O3. The topological polar surface area (TPSA) is 114 Å². The van der Waals surface area contributed by atoms with E-state index in [0.29, 0.717) is 37.3 Å². The molecule has 1 atom stereocenters. The maximum Gasteiger partial charge on any atom is 0.222 e. The van der Waals surface area contributed by atoms with Crippen LogP contribution in [-0.2, 0) is 20.7 Å². The van der Waals surface area contributed by atoms with E-state index in [1.54, 1.807) is 4.52 Å². The lowest BCUT2D eigenvalue weighted by Gasteiger charge is -2.15. The lowest BCUT2D eigenvalue weighted by molar-refractivity contribution is -0.127. The van der Waals surface area contributed by atoms with Gasteiger partial charge in [-0.05, 0) is 37.8 Å². The van der Waals surface area contributed by atoms with Crippen LogP contribution >= 0.6 is 0 Å². The first-order chi connectivity index (χ1) is 14.7. The summed E-state index contributed by atoms with van der Waals surface area (Å²) in [6, 6.07) is 3.72. The number of nitrogens with one attached hydrogen (secondary N) is 2. The van der Waals surface area contributed by atoms with E-state index in [1.807, 2.05) is 17.0 Å². The lowest BCUT2D eigenvalue weighted by atomic mass is 10.2. The molecule has 4 rings (SSSR count). The van der Waals surface area contributed by atoms with Crippen molar-refractivity contribution < 1.29 is 14.3 Å². The van der Waals surface area contributed by atoms with Gasteiger partial charge in [0.25, 0.3) is 0 Å². The second kappa shape index (κ2) is 9.84. The monoisotopic (exact) mass is 415 g/mol. The van der Waals surface area contributed by atoms with Crippen molar-refractivity contribution in [2.24, 2.45) is 0 Å². The van der Waals surface area contributed by atoms with Gasteiger partial charge < -0.3 is 20.3 Å². The van der Waals surface area contributed by atoms with Gasteiger partial charge >= 0.3 is 0 Å². The number of hydrogen-bond donors (Lipinski definition) is 2. The first kappa shape index (κ1) is 20.5. The fraction of sp³-hybridized carbons (Fsp3) is 0.650. The second-order valence-electron chi connectivity index (χ2n) is 7.81. The molecule has 2 aromatic rings. The highest BCUT2D eigenvalue weighted by atomic mass is 16.5. The predicted octanol–water partition coefficient (Wildman–Crippen LogP) is 0.777. The number of fused-ring (bicyclic) bond motifs is 1. The van der Waals surface area contributed by atoms with E-state index >= 15 is 0 Å². The first-order valence-corrected chi connectivity index (χ1v) is 10.8. The number of likely N-dealkylation sites (tertiary alicyclic amines) is 1. The highest BCUT2D eigenvalue weighted by molar-refractivity contribution is 5.78. The molecule has 0 aromatic carbocycles. The van der Waals surface area contributed by atoms with Gasteiger partial charge in [-0.15, -0.1) is 15.3 Å². The van der Waals surface area contributed by atoms with Crippen molar-refractivity contribution in [2.45, 2.75) is 51.0 Å². The van der Waals surface area contributed by atoms with E-state index in [2.05, 4.69) is 25.9 Å². The Hall–Kier alpha value is -2.75. The Bertz CT molecular complexity index is 878. The van der Waals surface area contributed by atoms with Crippen molar-refractivity contribution in [2.75, 3.05) is 38.1 Å². The number of anilines is 1. The number of hydrogen-bond acceptors (Lipinski definition) is 7. The second-order valence-corrected chi connectivity index (χ2v) is 7.81. The third kappa shape index (κ3) is 5.24. The molecule has 4 heterocycles. The molecule has 30 heavy (non-hydrogen) atoms. The summed E-state index contributed by atoms with van der Waals surface area (Å²) in [4.78, 5) is 25.7. The van der Waals surface area contributed by atoms with E-state index < -0.39 is 0 Å². The zero-order valence-corrected chi connectivity index (χ0v) is 17.2. The Morgan fingerprint density at radius 1 is 1.27 bits per heavy atom. The minimum atomic E-state index is -0.0204. The highest BCUT2D eigenvalue weighted by Gasteiger charge is 2.19. The van der Waals surface area contributed by atoms with Gasteiger partial charge in [0, 0.05) is 52.0 Å². The van der Waals surface area contributed by atoms with Gasteiger partial charge in [-0.1, -0.05) is 0 Å². The van der Waals surface area contributed by atoms with Gasteiger partial charge in [-0.3, -0.25) is 9.59 Å². The van der Waals surface area contributed by atoms with Crippen LogP contribution in [0.15, 0.2) is 12.1 Å². The van der Waals surface area contributed by atoms with Crippen molar-refractivity contribution >= 4 is 23.3 Å². The summed E-state index contributed by atoms with van der Waals surface area (Å²) < 4.78 is 7.20. The van der Waals surface area contributed by atoms with Gasteiger partial charge in [0.2, 0.25) is 11.8 Å². The molecule has 0 bridgehead atoms. The largest absolute Gasteiger partial charge is 0.376 e. The number of aromatic nitrogens is 4. The maximum absolute atomic E-state index is 12.1. The van der Waals surface area contributed by atoms with Crippen LogP contribution in [0.25, 0.3) is 5.65 Å². The molecule has 2 amide bonds. The molecule has 2 aliphatic heterocycles. The standard InChI is InChI=1S/C20H29N7O3/c28-19(22-14-15-4-2-13-30-15)9-8-18-24-23-17-7-6-16(25-27(17)18)21-10-3-12-26-11-1-5-20(26)29/h6-7,15H,1-5,8-14H2,(H,21,25)(H,22,28). The number of carbonyl (C=O) groups excluding carboxylic acids is 2. The van der Waals surface area contributed by atoms with Crippen LogP contribution in [0.5, 0.6) is 0 Å². The minimum Gasteiger partial charge on any atom is -0.376 e. The quantitative estimate of drug-likeness (QED) is 0.551. The van der Waals surface area contributed by atoms with Crippen LogP contribution in [0.4, 0.5) is 5.82 Å². The molecule has 0 spiro atoms. The zero-order valence-electron chi connectivity index (χ0n) is 17.2. The van der Waals surface area contributed by atoms with Gasteiger partial charge in [0.05, 0.1) is 6.10 Å². The molecule has 0 saturated carbocycles. The molecule has 10 nitrogen and oxygen atoms in total. The number of carbonyl (C=O) groups is 2. The molecule has 1 unspecified atom stereocenters. The van der Waals surface area contributed by atoms with Crippen molar-refractivity contribution in [1.29, 1.82) is 0 Å². The number of ether oxygens (including phenoxy) is 1. The molecule has 2 aliphatic rings. The van der Waals surface area contributed by atoms with Crippen molar-refractivity contribution in [3.05, 3.63) is 18.0 Å². The molecule has 0 aliphatic carbocycles. The highest BCUT2D eigenvalue weighted by Crippen LogP contribution is 2.12. The Labute approximate surface area is 175 Å². The van der Waals surface area contributed by atoms with Gasteiger partial charge in [0.15, 0.2) is 11.5 Å². The number of rotatable bonds is 10. The van der Waals surface area contributed by atoms with Gasteiger partial charge in [-0.25, -0.2) is 0 Å². The Kier molecular flexibility index (Phi) is 6.73. The molecule has 0 radical (unpaired) electrons. The van der Waals surface area contributed by atoms with Gasteiger partial charge in [0.1, 0.15) is 5.82 Å². The average molecular weight is 415 g/mol. The molecule has 162 valence electrons. The molecule has 2 fully saturated rings. The number of nitrogens with zero attached hydrogens (tertiary/aromatic N) is 5. The summed E-state index contributed by atoms with van der Waals surface area (Å²) in [5, 5.41) is 19.1. The molecule has 10 heteroatoms. The summed E-state index contributed by atoms with van der Waals surface area (Å²) in [7, 11) is 0. The van der Waals surface area contributed by atoms with Crippen LogP contribution in [-0.4, -0.2) is 75.4 Å². The predicted molar refractivity (Wildman–Crippen MR) is 110 cm³/mol. The van der Waals surface area contributed by atoms with E-state index in [-0.39, 0.29) is 17.9 Å². The average Bonchev–Trinajstić information content (AvgIpc) is 3.50. The lowest BCUT2D eigenvalue weighted by Crippen LogP contribution is -2.32. The summed E-state index contributed by atoms with van der Waals surface area (Å²) in [5.41, 5.74) is 0.651. The molecular weight excluding hydrogens is 386 g/mol. The third-order valence-electron chi connectivity index (χ3n) is 5.54. The normalized spacial score (nSPS) is 19.0. The van der Waals surface area contributed by atoms with Crippen LogP contribution < -0.4 is 10.6 Å². The van der Waals surface area contributed by atoms with Gasteiger partial charge in [-0.2, -0.15) is 4.52 Å². The summed E-state index contributed by atoms with van der Waals surface area (Å²) >= 11 is 0. The van der Waals surface area contributed by atoms with Crippen molar-refractivity contribution in [3.63, 3.8) is 0 Å². The smallest absolute Gasteiger partial charge is 0.222 e. The van der Waals surface area contributed by atoms with Crippen LogP contribution in [0.3, 0.4) is 0 Å². The number of amides is 2. The Balaban J connectivity index is 1.24. The summed E-state index contributed by atoms with van der Waals surface area (Å²) in [6.07, 6.45) is 5.51. The first-order valence-electron chi connectivity index (χ1n) is 10.8. The molecule has 2 aromatic heterocycles. The minimum absolute atomic E-state index is 0.0204. The fourth-order valence-corrected chi connectivity index (χ4v) is 3.86. The zero-order chi connectivity index (χ0) is 20.8. The van der Waals surface area contributed by atoms with Crippen molar-refractivity contribution in [1.82, 2.24) is 30.0 Å². The van der Waals surface area contributed by atoms with Crippen LogP contribution in [0, 0.1) is 0 Å². The van der Waals surface area contributed by atoms with Crippen LogP contribution in [0.2, 0.25) is 0 Å². The van der Waals surface area contributed by atoms with Crippen molar-refractivity contribution in [3.8, 4) is 0 Å². The summed E-state index contributed by atoms with van der Waals surface area (Å²) in [5.74, 6) is 1.61. The third-order valence-corrected chi connectivity index (χ3v) is 5.54. The number of aryl methyl sites for hydroxylation is 1. The van der Waals surface area contributed by atoms with E-state index in [1.165, 1.54) is 0 Å². The SMILES string of the molecule is O=C(CCc1nnc2ccc(NCCCN3CCCC3=O)nn12)NCC1CCCO1. The Morgan fingerprint density at radius 3 is 3.00 bits per heavy atom.